The van der Waals surface area contributed by atoms with E-state index in [-0.39, 0.29) is 26.6 Å². The third kappa shape index (κ3) is 3.00. The number of ether oxygens (including phenoxy) is 1. The first kappa shape index (κ1) is 13.6. The monoisotopic (exact) mass is 361 g/mol. The second-order valence-corrected chi connectivity index (χ2v) is 4.24. The fraction of sp³-hybridized carbons (Fsp3) is 0.333. The lowest BCUT2D eigenvalue weighted by Gasteiger charge is -2.07. The maximum atomic E-state index is 12.5. The topological polar surface area (TPSA) is 39.2 Å². The Labute approximate surface area is 109 Å². The lowest BCUT2D eigenvalue weighted by molar-refractivity contribution is 0.0518. The van der Waals surface area contributed by atoms with Crippen LogP contribution in [-0.2, 0) is 4.74 Å². The number of pyridine rings is 1. The van der Waals surface area contributed by atoms with E-state index in [9.17, 15) is 13.6 Å². The summed E-state index contributed by atoms with van der Waals surface area (Å²) in [6.45, 7) is 1.82. The molecule has 0 aromatic carbocycles. The highest BCUT2D eigenvalue weighted by molar-refractivity contribution is 14.1. The average Bonchev–Trinajstić information content (AvgIpc) is 2.16. The first-order chi connectivity index (χ1) is 7.47. The predicted octanol–water partition coefficient (Wildman–Crippen LogP) is 3.45. The van der Waals surface area contributed by atoms with Crippen LogP contribution in [0.2, 0.25) is 5.15 Å². The van der Waals surface area contributed by atoms with E-state index in [0.717, 1.165) is 0 Å². The van der Waals surface area contributed by atoms with Crippen LogP contribution >= 0.6 is 34.2 Å². The minimum absolute atomic E-state index is 0.0688. The highest BCUT2D eigenvalue weighted by Crippen LogP contribution is 2.30. The number of aromatic nitrogens is 1. The molecule has 16 heavy (non-hydrogen) atoms. The van der Waals surface area contributed by atoms with Crippen LogP contribution in [0.4, 0.5) is 8.78 Å². The van der Waals surface area contributed by atoms with E-state index in [4.69, 9.17) is 11.6 Å². The highest BCUT2D eigenvalue weighted by Gasteiger charge is 2.20. The summed E-state index contributed by atoms with van der Waals surface area (Å²) in [5, 5.41) is -0.370. The van der Waals surface area contributed by atoms with Gasteiger partial charge in [0.2, 0.25) is 0 Å². The quantitative estimate of drug-likeness (QED) is 0.470. The lowest BCUT2D eigenvalue weighted by atomic mass is 10.2. The van der Waals surface area contributed by atoms with Crippen molar-refractivity contribution >= 4 is 40.2 Å². The molecule has 0 spiro atoms. The molecule has 1 aromatic heterocycles. The fourth-order valence-electron chi connectivity index (χ4n) is 0.998. The van der Waals surface area contributed by atoms with E-state index < -0.39 is 12.4 Å². The summed E-state index contributed by atoms with van der Waals surface area (Å²) >= 11 is 7.25. The smallest absolute Gasteiger partial charge is 0.357 e. The van der Waals surface area contributed by atoms with Crippen molar-refractivity contribution in [1.82, 2.24) is 4.98 Å². The maximum absolute atomic E-state index is 12.5. The first-order valence-electron chi connectivity index (χ1n) is 4.28. The second-order valence-electron chi connectivity index (χ2n) is 2.71. The van der Waals surface area contributed by atoms with Crippen molar-refractivity contribution in [2.24, 2.45) is 0 Å². The standard InChI is InChI=1S/C9H7ClF2INO2/c1-2-16-9(15)5-3-4(13)6(8(11)12)7(10)14-5/h3,8H,2H2,1H3. The summed E-state index contributed by atoms with van der Waals surface area (Å²) in [4.78, 5) is 14.9. The normalized spacial score (nSPS) is 10.6. The number of carbonyl (C=O) groups excluding carboxylic acids is 1. The molecule has 7 heteroatoms. The molecule has 0 saturated carbocycles. The molecule has 0 unspecified atom stereocenters. The van der Waals surface area contributed by atoms with Crippen LogP contribution in [0.1, 0.15) is 29.4 Å². The Kier molecular flexibility index (Phi) is 4.85. The molecular formula is C9H7ClF2INO2. The van der Waals surface area contributed by atoms with Gasteiger partial charge in [0.15, 0.2) is 5.69 Å². The Morgan fingerprint density at radius 3 is 2.75 bits per heavy atom. The number of halogens is 4. The average molecular weight is 362 g/mol. The summed E-state index contributed by atoms with van der Waals surface area (Å²) in [6, 6.07) is 1.23. The van der Waals surface area contributed by atoms with E-state index in [2.05, 4.69) is 9.72 Å². The summed E-state index contributed by atoms with van der Waals surface area (Å²) in [5.41, 5.74) is -0.434. The van der Waals surface area contributed by atoms with Gasteiger partial charge in [-0.05, 0) is 35.6 Å². The third-order valence-electron chi connectivity index (χ3n) is 1.66. The summed E-state index contributed by atoms with van der Waals surface area (Å²) in [7, 11) is 0. The van der Waals surface area contributed by atoms with Crippen molar-refractivity contribution in [2.45, 2.75) is 13.3 Å². The van der Waals surface area contributed by atoms with Crippen molar-refractivity contribution < 1.29 is 18.3 Å². The van der Waals surface area contributed by atoms with E-state index in [1.54, 1.807) is 29.5 Å². The SMILES string of the molecule is CCOC(=O)c1cc(I)c(C(F)F)c(Cl)n1. The molecule has 0 bridgehead atoms. The molecule has 0 amide bonds. The van der Waals surface area contributed by atoms with Gasteiger partial charge in [-0.2, -0.15) is 0 Å². The van der Waals surface area contributed by atoms with Crippen LogP contribution in [0.5, 0.6) is 0 Å². The van der Waals surface area contributed by atoms with Gasteiger partial charge < -0.3 is 4.74 Å². The van der Waals surface area contributed by atoms with Crippen LogP contribution in [0, 0.1) is 3.57 Å². The molecule has 0 aliphatic rings. The lowest BCUT2D eigenvalue weighted by Crippen LogP contribution is -2.09. The Morgan fingerprint density at radius 1 is 1.69 bits per heavy atom. The number of nitrogens with zero attached hydrogens (tertiary/aromatic N) is 1. The van der Waals surface area contributed by atoms with Gasteiger partial charge >= 0.3 is 5.97 Å². The third-order valence-corrected chi connectivity index (χ3v) is 2.85. The first-order valence-corrected chi connectivity index (χ1v) is 5.74. The molecule has 0 saturated heterocycles. The zero-order chi connectivity index (χ0) is 12.3. The molecule has 1 rings (SSSR count). The van der Waals surface area contributed by atoms with Gasteiger partial charge in [-0.1, -0.05) is 11.6 Å². The summed E-state index contributed by atoms with van der Waals surface area (Å²) < 4.78 is 29.9. The van der Waals surface area contributed by atoms with Gasteiger partial charge in [-0.15, -0.1) is 0 Å². The minimum atomic E-state index is -2.72. The second kappa shape index (κ2) is 5.72. The Morgan fingerprint density at radius 2 is 2.31 bits per heavy atom. The van der Waals surface area contributed by atoms with E-state index in [1.807, 2.05) is 0 Å². The Hall–Kier alpha value is -0.500. The maximum Gasteiger partial charge on any atom is 0.357 e. The molecule has 88 valence electrons. The van der Waals surface area contributed by atoms with Gasteiger partial charge in [0.05, 0.1) is 12.2 Å². The minimum Gasteiger partial charge on any atom is -0.461 e. The largest absolute Gasteiger partial charge is 0.461 e. The summed E-state index contributed by atoms with van der Waals surface area (Å²) in [6.07, 6.45) is -2.72. The van der Waals surface area contributed by atoms with Crippen LogP contribution in [0.3, 0.4) is 0 Å². The molecule has 0 N–H and O–H groups in total. The molecule has 3 nitrogen and oxygen atoms in total. The van der Waals surface area contributed by atoms with Crippen molar-refractivity contribution in [3.8, 4) is 0 Å². The zero-order valence-corrected chi connectivity index (χ0v) is 11.1. The highest BCUT2D eigenvalue weighted by atomic mass is 127. The van der Waals surface area contributed by atoms with E-state index in [0.29, 0.717) is 0 Å². The number of hydrogen-bond acceptors (Lipinski definition) is 3. The molecule has 1 heterocycles. The zero-order valence-electron chi connectivity index (χ0n) is 8.14. The van der Waals surface area contributed by atoms with Crippen molar-refractivity contribution in [2.75, 3.05) is 6.61 Å². The molecule has 0 aliphatic carbocycles. The van der Waals surface area contributed by atoms with Gasteiger partial charge in [-0.3, -0.25) is 0 Å². The van der Waals surface area contributed by atoms with Gasteiger partial charge in [0.25, 0.3) is 6.43 Å². The molecule has 0 aliphatic heterocycles. The predicted molar refractivity (Wildman–Crippen MR) is 62.9 cm³/mol. The van der Waals surface area contributed by atoms with Gasteiger partial charge in [0.1, 0.15) is 5.15 Å². The number of rotatable bonds is 3. The number of esters is 1. The van der Waals surface area contributed by atoms with Crippen LogP contribution in [0.15, 0.2) is 6.07 Å². The molecular weight excluding hydrogens is 354 g/mol. The van der Waals surface area contributed by atoms with Crippen LogP contribution < -0.4 is 0 Å². The van der Waals surface area contributed by atoms with Crippen LogP contribution in [0.25, 0.3) is 0 Å². The van der Waals surface area contributed by atoms with E-state index in [1.165, 1.54) is 6.07 Å². The molecule has 0 atom stereocenters. The Balaban J connectivity index is 3.14. The number of hydrogen-bond donors (Lipinski definition) is 0. The fourth-order valence-corrected chi connectivity index (χ4v) is 2.22. The van der Waals surface area contributed by atoms with Crippen molar-refractivity contribution in [3.05, 3.63) is 26.0 Å². The number of alkyl halides is 2. The van der Waals surface area contributed by atoms with Crippen molar-refractivity contribution in [3.63, 3.8) is 0 Å². The molecule has 1 aromatic rings. The number of carbonyl (C=O) groups is 1. The van der Waals surface area contributed by atoms with Gasteiger partial charge in [0, 0.05) is 3.57 Å². The van der Waals surface area contributed by atoms with Crippen molar-refractivity contribution in [1.29, 1.82) is 0 Å². The molecule has 0 radical (unpaired) electrons. The van der Waals surface area contributed by atoms with Crippen LogP contribution in [-0.4, -0.2) is 17.6 Å². The summed E-state index contributed by atoms with van der Waals surface area (Å²) in [5.74, 6) is -0.678. The van der Waals surface area contributed by atoms with E-state index >= 15 is 0 Å². The van der Waals surface area contributed by atoms with Gasteiger partial charge in [-0.25, -0.2) is 18.6 Å². The Bertz CT molecular complexity index is 391. The molecule has 0 fully saturated rings.